The average molecular weight is 390 g/mol. The molecule has 6 nitrogen and oxygen atoms in total. The summed E-state index contributed by atoms with van der Waals surface area (Å²) in [6, 6.07) is 12.3. The fourth-order valence-corrected chi connectivity index (χ4v) is 3.05. The maximum absolute atomic E-state index is 12.2. The van der Waals surface area contributed by atoms with E-state index in [0.717, 1.165) is 10.0 Å². The number of halogens is 1. The Morgan fingerprint density at radius 3 is 2.88 bits per heavy atom. The lowest BCUT2D eigenvalue weighted by Gasteiger charge is -2.19. The molecule has 3 rings (SSSR count). The fraction of sp³-hybridized carbons (Fsp3) is 0.176. The highest BCUT2D eigenvalue weighted by atomic mass is 79.9. The molecule has 124 valence electrons. The number of nitrogens with one attached hydrogen (secondary N) is 3. The van der Waals surface area contributed by atoms with Gasteiger partial charge in [-0.2, -0.15) is 0 Å². The minimum Gasteiger partial charge on any atom is -0.482 e. The fourth-order valence-electron chi connectivity index (χ4n) is 2.42. The molecule has 0 aromatic heterocycles. The largest absolute Gasteiger partial charge is 0.482 e. The third-order valence-corrected chi connectivity index (χ3v) is 4.31. The van der Waals surface area contributed by atoms with Crippen LogP contribution in [0.15, 0.2) is 46.9 Å². The van der Waals surface area contributed by atoms with Crippen molar-refractivity contribution >= 4 is 39.2 Å². The summed E-state index contributed by atoms with van der Waals surface area (Å²) in [4.78, 5) is 23.4. The van der Waals surface area contributed by atoms with Crippen LogP contribution in [-0.4, -0.2) is 18.5 Å². The van der Waals surface area contributed by atoms with Gasteiger partial charge in [0.15, 0.2) is 6.61 Å². The Labute approximate surface area is 147 Å². The van der Waals surface area contributed by atoms with Gasteiger partial charge >= 0.3 is 6.03 Å². The zero-order valence-corrected chi connectivity index (χ0v) is 14.5. The summed E-state index contributed by atoms with van der Waals surface area (Å²) in [6.45, 7) is 1.88. The highest BCUT2D eigenvalue weighted by Gasteiger charge is 2.17. The number of fused-ring (bicyclic) bond motifs is 1. The minimum absolute atomic E-state index is 0.0261. The third kappa shape index (κ3) is 3.68. The zero-order chi connectivity index (χ0) is 17.1. The quantitative estimate of drug-likeness (QED) is 0.749. The standard InChI is InChI=1S/C17H16BrN3O3/c1-10(12-4-2-3-5-13(12)18)19-17(23)20-11-6-7-14-15(8-11)24-9-16(22)21-14/h2-8,10H,9H2,1H3,(H,21,22)(H2,19,20,23). The number of rotatable bonds is 3. The number of ether oxygens (including phenoxy) is 1. The van der Waals surface area contributed by atoms with Crippen LogP contribution in [0.4, 0.5) is 16.2 Å². The molecule has 0 spiro atoms. The predicted octanol–water partition coefficient (Wildman–Crippen LogP) is 3.66. The monoisotopic (exact) mass is 389 g/mol. The normalized spacial score (nSPS) is 14.0. The molecule has 24 heavy (non-hydrogen) atoms. The molecule has 1 atom stereocenters. The second-order valence-electron chi connectivity index (χ2n) is 5.39. The van der Waals surface area contributed by atoms with Crippen molar-refractivity contribution in [3.8, 4) is 5.75 Å². The number of carbonyl (C=O) groups excluding carboxylic acids is 2. The number of benzene rings is 2. The van der Waals surface area contributed by atoms with Crippen LogP contribution in [0.5, 0.6) is 5.75 Å². The van der Waals surface area contributed by atoms with Gasteiger partial charge in [0.05, 0.1) is 11.7 Å². The summed E-state index contributed by atoms with van der Waals surface area (Å²) in [5, 5.41) is 8.35. The van der Waals surface area contributed by atoms with Crippen molar-refractivity contribution in [2.24, 2.45) is 0 Å². The summed E-state index contributed by atoms with van der Waals surface area (Å²) in [6.07, 6.45) is 0. The van der Waals surface area contributed by atoms with Crippen molar-refractivity contribution < 1.29 is 14.3 Å². The van der Waals surface area contributed by atoms with Gasteiger partial charge in [0.1, 0.15) is 5.75 Å². The molecule has 1 aliphatic rings. The number of urea groups is 1. The van der Waals surface area contributed by atoms with Gasteiger partial charge < -0.3 is 20.7 Å². The molecule has 3 amide bonds. The predicted molar refractivity (Wildman–Crippen MR) is 95.3 cm³/mol. The van der Waals surface area contributed by atoms with E-state index in [4.69, 9.17) is 4.74 Å². The zero-order valence-electron chi connectivity index (χ0n) is 12.9. The number of carbonyl (C=O) groups is 2. The lowest BCUT2D eigenvalue weighted by Crippen LogP contribution is -2.31. The summed E-state index contributed by atoms with van der Waals surface area (Å²) in [5.74, 6) is 0.342. The van der Waals surface area contributed by atoms with Gasteiger partial charge in [-0.25, -0.2) is 4.79 Å². The van der Waals surface area contributed by atoms with Crippen LogP contribution in [0.3, 0.4) is 0 Å². The van der Waals surface area contributed by atoms with E-state index in [1.54, 1.807) is 18.2 Å². The van der Waals surface area contributed by atoms with E-state index in [9.17, 15) is 9.59 Å². The van der Waals surface area contributed by atoms with E-state index in [1.807, 2.05) is 31.2 Å². The van der Waals surface area contributed by atoms with Crippen molar-refractivity contribution in [1.82, 2.24) is 5.32 Å². The molecule has 0 radical (unpaired) electrons. The molecule has 2 aromatic carbocycles. The van der Waals surface area contributed by atoms with Gasteiger partial charge in [-0.3, -0.25) is 4.79 Å². The molecule has 2 aromatic rings. The van der Waals surface area contributed by atoms with Gasteiger partial charge in [0, 0.05) is 16.2 Å². The van der Waals surface area contributed by atoms with Crippen molar-refractivity contribution in [1.29, 1.82) is 0 Å². The van der Waals surface area contributed by atoms with E-state index < -0.39 is 0 Å². The van der Waals surface area contributed by atoms with Crippen molar-refractivity contribution in [2.45, 2.75) is 13.0 Å². The Morgan fingerprint density at radius 1 is 1.29 bits per heavy atom. The summed E-state index contributed by atoms with van der Waals surface area (Å²) >= 11 is 3.48. The molecule has 1 unspecified atom stereocenters. The Hall–Kier alpha value is -2.54. The average Bonchev–Trinajstić information content (AvgIpc) is 2.55. The Kier molecular flexibility index (Phi) is 4.71. The highest BCUT2D eigenvalue weighted by molar-refractivity contribution is 9.10. The maximum Gasteiger partial charge on any atom is 0.319 e. The lowest BCUT2D eigenvalue weighted by atomic mass is 10.1. The van der Waals surface area contributed by atoms with Crippen LogP contribution in [0, 0.1) is 0 Å². The first-order chi connectivity index (χ1) is 11.5. The van der Waals surface area contributed by atoms with Crippen molar-refractivity contribution in [3.05, 3.63) is 52.5 Å². The second kappa shape index (κ2) is 6.92. The first kappa shape index (κ1) is 16.3. The van der Waals surface area contributed by atoms with E-state index in [1.165, 1.54) is 0 Å². The molecule has 0 bridgehead atoms. The molecule has 3 N–H and O–H groups in total. The number of anilines is 2. The second-order valence-corrected chi connectivity index (χ2v) is 6.24. The summed E-state index contributed by atoms with van der Waals surface area (Å²) < 4.78 is 6.27. The van der Waals surface area contributed by atoms with Gasteiger partial charge in [-0.05, 0) is 30.7 Å². The van der Waals surface area contributed by atoms with E-state index in [0.29, 0.717) is 17.1 Å². The Bertz CT molecular complexity index is 794. The Balaban J connectivity index is 1.65. The molecule has 0 saturated heterocycles. The van der Waals surface area contributed by atoms with Crippen molar-refractivity contribution in [2.75, 3.05) is 17.2 Å². The number of hydrogen-bond acceptors (Lipinski definition) is 3. The molecule has 1 heterocycles. The molecular formula is C17H16BrN3O3. The van der Waals surface area contributed by atoms with Gasteiger partial charge in [0.25, 0.3) is 5.91 Å². The molecule has 0 aliphatic carbocycles. The summed E-state index contributed by atoms with van der Waals surface area (Å²) in [5.41, 5.74) is 2.17. The number of hydrogen-bond donors (Lipinski definition) is 3. The van der Waals surface area contributed by atoms with Crippen LogP contribution < -0.4 is 20.7 Å². The molecule has 1 aliphatic heterocycles. The van der Waals surface area contributed by atoms with Crippen LogP contribution in [0.2, 0.25) is 0 Å². The molecule has 7 heteroatoms. The summed E-state index contributed by atoms with van der Waals surface area (Å²) in [7, 11) is 0. The van der Waals surface area contributed by atoms with E-state index >= 15 is 0 Å². The van der Waals surface area contributed by atoms with Crippen LogP contribution >= 0.6 is 15.9 Å². The first-order valence-electron chi connectivity index (χ1n) is 7.41. The first-order valence-corrected chi connectivity index (χ1v) is 8.21. The smallest absolute Gasteiger partial charge is 0.319 e. The van der Waals surface area contributed by atoms with Crippen LogP contribution in [0.1, 0.15) is 18.5 Å². The highest BCUT2D eigenvalue weighted by Crippen LogP contribution is 2.30. The third-order valence-electron chi connectivity index (χ3n) is 3.59. The van der Waals surface area contributed by atoms with Gasteiger partial charge in [0.2, 0.25) is 0 Å². The van der Waals surface area contributed by atoms with E-state index in [-0.39, 0.29) is 24.6 Å². The lowest BCUT2D eigenvalue weighted by molar-refractivity contribution is -0.118. The topological polar surface area (TPSA) is 79.5 Å². The molecule has 0 saturated carbocycles. The van der Waals surface area contributed by atoms with Gasteiger partial charge in [-0.15, -0.1) is 0 Å². The van der Waals surface area contributed by atoms with Crippen LogP contribution in [-0.2, 0) is 4.79 Å². The SMILES string of the molecule is CC(NC(=O)Nc1ccc2c(c1)OCC(=O)N2)c1ccccc1Br. The molecule has 0 fully saturated rings. The number of amides is 3. The van der Waals surface area contributed by atoms with E-state index in [2.05, 4.69) is 31.9 Å². The van der Waals surface area contributed by atoms with Crippen LogP contribution in [0.25, 0.3) is 0 Å². The van der Waals surface area contributed by atoms with Gasteiger partial charge in [-0.1, -0.05) is 34.1 Å². The molecular weight excluding hydrogens is 374 g/mol. The maximum atomic E-state index is 12.2. The minimum atomic E-state index is -0.321. The van der Waals surface area contributed by atoms with Crippen molar-refractivity contribution in [3.63, 3.8) is 0 Å². The Morgan fingerprint density at radius 2 is 2.08 bits per heavy atom.